The topological polar surface area (TPSA) is 130 Å². The second kappa shape index (κ2) is 13.2. The SMILES string of the molecule is COc1ccc([C@@H](O)C(=O)N(CCCc2cccc(C)c2)Cc2nc(C(=O)CS(=O)(=O)N(C)C)c(C)s2)cn1. The number of pyridine rings is 1. The molecule has 2 heterocycles. The number of carbonyl (C=O) groups is 2. The van der Waals surface area contributed by atoms with Crippen molar-refractivity contribution in [2.75, 3.05) is 33.5 Å². The molecule has 0 spiro atoms. The number of Topliss-reactive ketones (excluding diaryl/α,β-unsaturated/α-hetero) is 1. The summed E-state index contributed by atoms with van der Waals surface area (Å²) in [5, 5.41) is 11.3. The average molecular weight is 575 g/mol. The van der Waals surface area contributed by atoms with Crippen LogP contribution in [0, 0.1) is 13.8 Å². The number of sulfonamides is 1. The maximum Gasteiger partial charge on any atom is 0.256 e. The van der Waals surface area contributed by atoms with Crippen molar-refractivity contribution in [3.8, 4) is 5.88 Å². The molecule has 1 atom stereocenters. The summed E-state index contributed by atoms with van der Waals surface area (Å²) < 4.78 is 30.4. The highest BCUT2D eigenvalue weighted by atomic mass is 32.2. The zero-order valence-electron chi connectivity index (χ0n) is 22.7. The monoisotopic (exact) mass is 574 g/mol. The van der Waals surface area contributed by atoms with Crippen LogP contribution >= 0.6 is 11.3 Å². The number of amides is 1. The Labute approximate surface area is 233 Å². The third kappa shape index (κ3) is 8.15. The maximum atomic E-state index is 13.4. The van der Waals surface area contributed by atoms with Crippen LogP contribution in [0.15, 0.2) is 42.6 Å². The molecule has 210 valence electrons. The van der Waals surface area contributed by atoms with E-state index in [1.165, 1.54) is 43.6 Å². The maximum absolute atomic E-state index is 13.4. The fraction of sp³-hybridized carbons (Fsp3) is 0.407. The zero-order valence-corrected chi connectivity index (χ0v) is 24.4. The van der Waals surface area contributed by atoms with E-state index in [2.05, 4.69) is 16.0 Å². The lowest BCUT2D eigenvalue weighted by Gasteiger charge is -2.24. The van der Waals surface area contributed by atoms with Crippen LogP contribution in [-0.2, 0) is 27.8 Å². The lowest BCUT2D eigenvalue weighted by Crippen LogP contribution is -2.36. The number of aliphatic hydroxyl groups excluding tert-OH is 1. The molecular formula is C27H34N4O6S2. The number of aryl methyl sites for hydroxylation is 3. The van der Waals surface area contributed by atoms with Crippen molar-refractivity contribution in [2.45, 2.75) is 39.3 Å². The predicted molar refractivity (Wildman–Crippen MR) is 149 cm³/mol. The number of rotatable bonds is 13. The number of aromatic nitrogens is 2. The quantitative estimate of drug-likeness (QED) is 0.309. The zero-order chi connectivity index (χ0) is 28.7. The van der Waals surface area contributed by atoms with Crippen molar-refractivity contribution in [3.63, 3.8) is 0 Å². The fourth-order valence-electron chi connectivity index (χ4n) is 3.90. The van der Waals surface area contributed by atoms with Crippen LogP contribution in [0.5, 0.6) is 5.88 Å². The summed E-state index contributed by atoms with van der Waals surface area (Å²) in [5.74, 6) is -1.46. The highest BCUT2D eigenvalue weighted by Crippen LogP contribution is 2.23. The van der Waals surface area contributed by atoms with E-state index in [0.29, 0.717) is 34.3 Å². The Morgan fingerprint density at radius 1 is 1.15 bits per heavy atom. The predicted octanol–water partition coefficient (Wildman–Crippen LogP) is 2.93. The molecule has 0 fully saturated rings. The molecule has 0 aliphatic carbocycles. The number of nitrogens with zero attached hydrogens (tertiary/aromatic N) is 4. The third-order valence-corrected chi connectivity index (χ3v) is 8.80. The van der Waals surface area contributed by atoms with Crippen LogP contribution in [0.1, 0.15) is 49.6 Å². The molecule has 39 heavy (non-hydrogen) atoms. The Morgan fingerprint density at radius 2 is 1.90 bits per heavy atom. The standard InChI is InChI=1S/C27H34N4O6S2/c1-18-8-6-9-20(14-18)10-7-13-31(27(34)26(33)21-11-12-23(37-5)28-15-21)16-24-29-25(19(2)38-24)22(32)17-39(35,36)30(3)4/h6,8-9,11-12,14-15,26,33H,7,10,13,16-17H2,1-5H3/t26-/m1/s1. The van der Waals surface area contributed by atoms with Crippen LogP contribution in [0.25, 0.3) is 0 Å². The van der Waals surface area contributed by atoms with E-state index in [4.69, 9.17) is 4.74 Å². The summed E-state index contributed by atoms with van der Waals surface area (Å²) in [6, 6.07) is 11.3. The summed E-state index contributed by atoms with van der Waals surface area (Å²) in [7, 11) is 0.468. The number of hydrogen-bond donors (Lipinski definition) is 1. The molecule has 12 heteroatoms. The minimum Gasteiger partial charge on any atom is -0.481 e. The summed E-state index contributed by atoms with van der Waals surface area (Å²) in [6.45, 7) is 4.11. The molecule has 2 aromatic heterocycles. The molecule has 0 bridgehead atoms. The first-order valence-electron chi connectivity index (χ1n) is 12.3. The summed E-state index contributed by atoms with van der Waals surface area (Å²) >= 11 is 1.22. The number of thiazole rings is 1. The van der Waals surface area contributed by atoms with Gasteiger partial charge in [-0.3, -0.25) is 9.59 Å². The summed E-state index contributed by atoms with van der Waals surface area (Å²) in [4.78, 5) is 36.7. The third-order valence-electron chi connectivity index (χ3n) is 6.11. The molecule has 1 aromatic carbocycles. The number of hydrogen-bond acceptors (Lipinski definition) is 9. The number of methoxy groups -OCH3 is 1. The number of aliphatic hydroxyl groups is 1. The lowest BCUT2D eigenvalue weighted by atomic mass is 10.1. The van der Waals surface area contributed by atoms with E-state index in [1.54, 1.807) is 19.1 Å². The average Bonchev–Trinajstić information content (AvgIpc) is 3.27. The van der Waals surface area contributed by atoms with Gasteiger partial charge in [-0.2, -0.15) is 0 Å². The molecule has 10 nitrogen and oxygen atoms in total. The van der Waals surface area contributed by atoms with Crippen LogP contribution in [-0.4, -0.2) is 77.9 Å². The first-order chi connectivity index (χ1) is 18.4. The van der Waals surface area contributed by atoms with Gasteiger partial charge in [0.1, 0.15) is 16.5 Å². The van der Waals surface area contributed by atoms with Gasteiger partial charge in [0, 0.05) is 43.3 Å². The molecule has 0 saturated heterocycles. The summed E-state index contributed by atoms with van der Waals surface area (Å²) in [5.41, 5.74) is 2.69. The van der Waals surface area contributed by atoms with Gasteiger partial charge in [0.25, 0.3) is 5.91 Å². The second-order valence-electron chi connectivity index (χ2n) is 9.36. The Hall–Kier alpha value is -3.19. The Morgan fingerprint density at radius 3 is 2.51 bits per heavy atom. The van der Waals surface area contributed by atoms with E-state index in [9.17, 15) is 23.1 Å². The van der Waals surface area contributed by atoms with Crippen LogP contribution in [0.2, 0.25) is 0 Å². The number of ether oxygens (including phenoxy) is 1. The Kier molecular flexibility index (Phi) is 10.3. The minimum absolute atomic E-state index is 0.0620. The Balaban J connectivity index is 1.81. The molecular weight excluding hydrogens is 540 g/mol. The van der Waals surface area contributed by atoms with Crippen LogP contribution < -0.4 is 4.74 Å². The van der Waals surface area contributed by atoms with Gasteiger partial charge in [0.15, 0.2) is 11.9 Å². The van der Waals surface area contributed by atoms with Crippen LogP contribution in [0.4, 0.5) is 0 Å². The molecule has 1 amide bonds. The van der Waals surface area contributed by atoms with Gasteiger partial charge >= 0.3 is 0 Å². The first kappa shape index (κ1) is 30.4. The smallest absolute Gasteiger partial charge is 0.256 e. The highest BCUT2D eigenvalue weighted by Gasteiger charge is 2.27. The molecule has 0 unspecified atom stereocenters. The van der Waals surface area contributed by atoms with Crippen molar-refractivity contribution >= 4 is 33.1 Å². The van der Waals surface area contributed by atoms with Crippen molar-refractivity contribution in [3.05, 3.63) is 74.9 Å². The van der Waals surface area contributed by atoms with Crippen molar-refractivity contribution in [1.82, 2.24) is 19.2 Å². The largest absolute Gasteiger partial charge is 0.481 e. The van der Waals surface area contributed by atoms with E-state index in [0.717, 1.165) is 21.9 Å². The van der Waals surface area contributed by atoms with Crippen molar-refractivity contribution in [1.29, 1.82) is 0 Å². The van der Waals surface area contributed by atoms with E-state index in [-0.39, 0.29) is 12.2 Å². The van der Waals surface area contributed by atoms with Crippen molar-refractivity contribution in [2.24, 2.45) is 0 Å². The van der Waals surface area contributed by atoms with Gasteiger partial charge in [-0.15, -0.1) is 11.3 Å². The fourth-order valence-corrected chi connectivity index (χ4v) is 5.60. The van der Waals surface area contributed by atoms with Gasteiger partial charge in [-0.25, -0.2) is 22.7 Å². The van der Waals surface area contributed by atoms with Gasteiger partial charge < -0.3 is 14.7 Å². The summed E-state index contributed by atoms with van der Waals surface area (Å²) in [6.07, 6.45) is 1.31. The van der Waals surface area contributed by atoms with Gasteiger partial charge in [-0.05, 0) is 38.3 Å². The first-order valence-corrected chi connectivity index (χ1v) is 14.8. The molecule has 3 aromatic rings. The Bertz CT molecular complexity index is 1400. The van der Waals surface area contributed by atoms with E-state index < -0.39 is 33.6 Å². The van der Waals surface area contributed by atoms with E-state index >= 15 is 0 Å². The normalized spacial score (nSPS) is 12.4. The second-order valence-corrected chi connectivity index (χ2v) is 12.8. The van der Waals surface area contributed by atoms with E-state index in [1.807, 2.05) is 25.1 Å². The van der Waals surface area contributed by atoms with Gasteiger partial charge in [-0.1, -0.05) is 29.8 Å². The molecule has 3 rings (SSSR count). The van der Waals surface area contributed by atoms with Gasteiger partial charge in [0.2, 0.25) is 15.9 Å². The number of carbonyl (C=O) groups excluding carboxylic acids is 2. The molecule has 0 saturated carbocycles. The number of ketones is 1. The molecule has 0 radical (unpaired) electrons. The molecule has 0 aliphatic rings. The van der Waals surface area contributed by atoms with Crippen LogP contribution in [0.3, 0.4) is 0 Å². The molecule has 0 aliphatic heterocycles. The molecule has 1 N–H and O–H groups in total. The van der Waals surface area contributed by atoms with Crippen molar-refractivity contribution < 1.29 is 27.9 Å². The number of benzene rings is 1. The lowest BCUT2D eigenvalue weighted by molar-refractivity contribution is -0.141. The minimum atomic E-state index is -3.74. The van der Waals surface area contributed by atoms with Gasteiger partial charge in [0.05, 0.1) is 13.7 Å². The highest BCUT2D eigenvalue weighted by molar-refractivity contribution is 7.89.